The van der Waals surface area contributed by atoms with Crippen molar-refractivity contribution in [3.8, 4) is 5.75 Å². The zero-order valence-electron chi connectivity index (χ0n) is 14.2. The average molecular weight is 329 g/mol. The lowest BCUT2D eigenvalue weighted by molar-refractivity contribution is -0.129. The standard InChI is InChI=1S/C20H27NO3/c22-19(13-23-6-7-24-18-4-2-1-3-5-18)21-20-16-9-14-8-15(11-16)12-17(20)10-14/h1-5,14-17,20H,6-13H2,(H,21,22). The molecule has 4 saturated carbocycles. The van der Waals surface area contributed by atoms with Crippen LogP contribution in [0.3, 0.4) is 0 Å². The summed E-state index contributed by atoms with van der Waals surface area (Å²) >= 11 is 0. The Morgan fingerprint density at radius 2 is 1.62 bits per heavy atom. The van der Waals surface area contributed by atoms with Crippen molar-refractivity contribution < 1.29 is 14.3 Å². The van der Waals surface area contributed by atoms with Crippen molar-refractivity contribution in [2.24, 2.45) is 23.7 Å². The van der Waals surface area contributed by atoms with E-state index in [9.17, 15) is 4.79 Å². The first-order valence-corrected chi connectivity index (χ1v) is 9.33. The van der Waals surface area contributed by atoms with E-state index in [2.05, 4.69) is 5.32 Å². The molecule has 4 bridgehead atoms. The maximum atomic E-state index is 12.2. The van der Waals surface area contributed by atoms with Crippen molar-refractivity contribution >= 4 is 5.91 Å². The van der Waals surface area contributed by atoms with Crippen LogP contribution in [0.15, 0.2) is 30.3 Å². The van der Waals surface area contributed by atoms with E-state index in [0.717, 1.165) is 17.6 Å². The van der Waals surface area contributed by atoms with Crippen LogP contribution < -0.4 is 10.1 Å². The summed E-state index contributed by atoms with van der Waals surface area (Å²) in [6, 6.07) is 10.1. The monoisotopic (exact) mass is 329 g/mol. The van der Waals surface area contributed by atoms with Crippen molar-refractivity contribution in [2.45, 2.75) is 38.1 Å². The van der Waals surface area contributed by atoms with Gasteiger partial charge in [-0.25, -0.2) is 0 Å². The molecular formula is C20H27NO3. The number of amides is 1. The van der Waals surface area contributed by atoms with Gasteiger partial charge >= 0.3 is 0 Å². The lowest BCUT2D eigenvalue weighted by atomic mass is 9.54. The van der Waals surface area contributed by atoms with Crippen LogP contribution >= 0.6 is 0 Å². The van der Waals surface area contributed by atoms with Crippen molar-refractivity contribution in [1.29, 1.82) is 0 Å². The number of ether oxygens (including phenoxy) is 2. The fourth-order valence-corrected chi connectivity index (χ4v) is 5.29. The fraction of sp³-hybridized carbons (Fsp3) is 0.650. The quantitative estimate of drug-likeness (QED) is 0.782. The molecule has 4 fully saturated rings. The number of carbonyl (C=O) groups excluding carboxylic acids is 1. The molecule has 0 aromatic heterocycles. The molecule has 0 heterocycles. The van der Waals surface area contributed by atoms with Gasteiger partial charge in [-0.2, -0.15) is 0 Å². The highest BCUT2D eigenvalue weighted by Gasteiger charge is 2.48. The second-order valence-corrected chi connectivity index (χ2v) is 7.74. The lowest BCUT2D eigenvalue weighted by Crippen LogP contribution is -2.56. The average Bonchev–Trinajstić information content (AvgIpc) is 2.58. The van der Waals surface area contributed by atoms with Gasteiger partial charge in [0.1, 0.15) is 19.0 Å². The smallest absolute Gasteiger partial charge is 0.246 e. The second-order valence-electron chi connectivity index (χ2n) is 7.74. The Morgan fingerprint density at radius 1 is 0.958 bits per heavy atom. The van der Waals surface area contributed by atoms with E-state index in [-0.39, 0.29) is 12.5 Å². The molecule has 1 aromatic carbocycles. The highest BCUT2D eigenvalue weighted by Crippen LogP contribution is 2.53. The number of hydrogen-bond acceptors (Lipinski definition) is 3. The van der Waals surface area contributed by atoms with Crippen LogP contribution in [0.25, 0.3) is 0 Å². The second kappa shape index (κ2) is 7.14. The Kier molecular flexibility index (Phi) is 4.74. The molecule has 0 unspecified atom stereocenters. The molecule has 0 spiro atoms. The van der Waals surface area contributed by atoms with Gasteiger partial charge < -0.3 is 14.8 Å². The Hall–Kier alpha value is -1.55. The summed E-state index contributed by atoms with van der Waals surface area (Å²) < 4.78 is 11.0. The van der Waals surface area contributed by atoms with Crippen LogP contribution in [-0.4, -0.2) is 31.8 Å². The van der Waals surface area contributed by atoms with Crippen LogP contribution in [0.1, 0.15) is 32.1 Å². The number of para-hydroxylation sites is 1. The molecule has 4 aliphatic carbocycles. The summed E-state index contributed by atoms with van der Waals surface area (Å²) in [4.78, 5) is 12.2. The number of benzene rings is 1. The first-order valence-electron chi connectivity index (χ1n) is 9.33. The summed E-state index contributed by atoms with van der Waals surface area (Å²) in [5.74, 6) is 4.17. The first-order chi connectivity index (χ1) is 11.8. The maximum absolute atomic E-state index is 12.2. The third-order valence-corrected chi connectivity index (χ3v) is 6.03. The van der Waals surface area contributed by atoms with Gasteiger partial charge in [-0.15, -0.1) is 0 Å². The van der Waals surface area contributed by atoms with Gasteiger partial charge in [0.15, 0.2) is 0 Å². The lowest BCUT2D eigenvalue weighted by Gasteiger charge is -2.54. The minimum absolute atomic E-state index is 0.0344. The molecule has 5 rings (SSSR count). The molecular weight excluding hydrogens is 302 g/mol. The SMILES string of the molecule is O=C(COCCOc1ccccc1)NC1C2CC3CC(C2)CC1C3. The van der Waals surface area contributed by atoms with Crippen LogP contribution in [-0.2, 0) is 9.53 Å². The number of carbonyl (C=O) groups is 1. The third-order valence-electron chi connectivity index (χ3n) is 6.03. The van der Waals surface area contributed by atoms with Gasteiger partial charge in [0, 0.05) is 6.04 Å². The van der Waals surface area contributed by atoms with Crippen LogP contribution in [0, 0.1) is 23.7 Å². The molecule has 24 heavy (non-hydrogen) atoms. The molecule has 4 heteroatoms. The fourth-order valence-electron chi connectivity index (χ4n) is 5.29. The van der Waals surface area contributed by atoms with Crippen LogP contribution in [0.5, 0.6) is 5.75 Å². The van der Waals surface area contributed by atoms with Gasteiger partial charge in [-0.1, -0.05) is 18.2 Å². The normalized spacial score (nSPS) is 33.4. The van der Waals surface area contributed by atoms with Gasteiger partial charge in [0.2, 0.25) is 5.91 Å². The van der Waals surface area contributed by atoms with E-state index in [4.69, 9.17) is 9.47 Å². The van der Waals surface area contributed by atoms with Crippen molar-refractivity contribution in [1.82, 2.24) is 5.32 Å². The Morgan fingerprint density at radius 3 is 2.29 bits per heavy atom. The molecule has 0 radical (unpaired) electrons. The summed E-state index contributed by atoms with van der Waals surface area (Å²) in [5.41, 5.74) is 0. The van der Waals surface area contributed by atoms with E-state index in [1.54, 1.807) is 0 Å². The van der Waals surface area contributed by atoms with Crippen molar-refractivity contribution in [2.75, 3.05) is 19.8 Å². The van der Waals surface area contributed by atoms with Crippen LogP contribution in [0.4, 0.5) is 0 Å². The summed E-state index contributed by atoms with van der Waals surface area (Å²) in [5, 5.41) is 3.27. The minimum Gasteiger partial charge on any atom is -0.491 e. The zero-order chi connectivity index (χ0) is 16.4. The Labute approximate surface area is 143 Å². The molecule has 0 saturated heterocycles. The number of hydrogen-bond donors (Lipinski definition) is 1. The topological polar surface area (TPSA) is 47.6 Å². The molecule has 0 atom stereocenters. The highest BCUT2D eigenvalue weighted by atomic mass is 16.5. The van der Waals surface area contributed by atoms with E-state index < -0.39 is 0 Å². The van der Waals surface area contributed by atoms with Gasteiger partial charge in [0.25, 0.3) is 0 Å². The predicted octanol–water partition coefficient (Wildman–Crippen LogP) is 3.02. The number of nitrogens with one attached hydrogen (secondary N) is 1. The molecule has 1 aromatic rings. The van der Waals surface area contributed by atoms with E-state index >= 15 is 0 Å². The number of rotatable bonds is 7. The van der Waals surface area contributed by atoms with E-state index in [0.29, 0.717) is 31.1 Å². The molecule has 4 aliphatic rings. The molecule has 1 amide bonds. The van der Waals surface area contributed by atoms with E-state index in [1.807, 2.05) is 30.3 Å². The molecule has 4 nitrogen and oxygen atoms in total. The van der Waals surface area contributed by atoms with Gasteiger partial charge in [-0.05, 0) is 67.9 Å². The zero-order valence-corrected chi connectivity index (χ0v) is 14.2. The summed E-state index contributed by atoms with van der Waals surface area (Å²) in [7, 11) is 0. The molecule has 1 N–H and O–H groups in total. The molecule has 0 aliphatic heterocycles. The van der Waals surface area contributed by atoms with Crippen LogP contribution in [0.2, 0.25) is 0 Å². The summed E-state index contributed by atoms with van der Waals surface area (Å²) in [6.45, 7) is 1.04. The predicted molar refractivity (Wildman–Crippen MR) is 91.7 cm³/mol. The highest BCUT2D eigenvalue weighted by molar-refractivity contribution is 5.77. The van der Waals surface area contributed by atoms with Crippen molar-refractivity contribution in [3.05, 3.63) is 30.3 Å². The van der Waals surface area contributed by atoms with Gasteiger partial charge in [-0.3, -0.25) is 4.79 Å². The van der Waals surface area contributed by atoms with Crippen molar-refractivity contribution in [3.63, 3.8) is 0 Å². The molecule has 130 valence electrons. The third kappa shape index (κ3) is 3.59. The van der Waals surface area contributed by atoms with E-state index in [1.165, 1.54) is 32.1 Å². The largest absolute Gasteiger partial charge is 0.491 e. The minimum atomic E-state index is 0.0344. The Balaban J connectivity index is 1.15. The van der Waals surface area contributed by atoms with Gasteiger partial charge in [0.05, 0.1) is 6.61 Å². The summed E-state index contributed by atoms with van der Waals surface area (Å²) in [6.07, 6.45) is 6.74. The first kappa shape index (κ1) is 15.9. The maximum Gasteiger partial charge on any atom is 0.246 e. The Bertz CT molecular complexity index is 531.